The Morgan fingerprint density at radius 2 is 0.600 bits per heavy atom. The van der Waals surface area contributed by atoms with E-state index < -0.39 is 11.9 Å². The van der Waals surface area contributed by atoms with Gasteiger partial charge in [-0.25, -0.2) is 0 Å². The van der Waals surface area contributed by atoms with Gasteiger partial charge in [0, 0.05) is 22.3 Å². The lowest BCUT2D eigenvalue weighted by Gasteiger charge is -1.92. The molecule has 0 fully saturated rings. The van der Waals surface area contributed by atoms with Gasteiger partial charge >= 0.3 is 11.9 Å². The molecule has 0 bridgehead atoms. The molecule has 0 atom stereocenters. The Labute approximate surface area is 230 Å². The summed E-state index contributed by atoms with van der Waals surface area (Å²) in [6, 6.07) is 39.3. The zero-order valence-electron chi connectivity index (χ0n) is 21.5. The van der Waals surface area contributed by atoms with Crippen molar-refractivity contribution in [3.63, 3.8) is 0 Å². The lowest BCUT2D eigenvalue weighted by Crippen LogP contribution is -2.00. The molecular weight excluding hydrogens is 504 g/mol. The van der Waals surface area contributed by atoms with Crippen LogP contribution in [0.25, 0.3) is 44.5 Å². The number of rotatable bonds is 7. The minimum absolute atomic E-state index is 0.178. The maximum Gasteiger partial charge on any atom is 0.303 e. The predicted molar refractivity (Wildman–Crippen MR) is 156 cm³/mol. The number of carbonyl (C=O) groups is 2. The molecule has 0 aliphatic heterocycles. The molecule has 0 aliphatic carbocycles. The van der Waals surface area contributed by atoms with E-state index in [-0.39, 0.29) is 23.7 Å². The number of hydrogen-bond acceptors (Lipinski definition) is 4. The van der Waals surface area contributed by atoms with Gasteiger partial charge < -0.3 is 10.2 Å². The van der Waals surface area contributed by atoms with E-state index in [0.717, 1.165) is 44.5 Å². The summed E-state index contributed by atoms with van der Waals surface area (Å²) in [5.74, 6) is -2.15. The smallest absolute Gasteiger partial charge is 0.303 e. The minimum Gasteiger partial charge on any atom is -0.481 e. The van der Waals surface area contributed by atoms with Gasteiger partial charge in [0.15, 0.2) is 10.9 Å². The summed E-state index contributed by atoms with van der Waals surface area (Å²) >= 11 is 0. The van der Waals surface area contributed by atoms with Crippen LogP contribution >= 0.6 is 0 Å². The third-order valence-electron chi connectivity index (χ3n) is 6.09. The molecule has 0 aliphatic rings. The van der Waals surface area contributed by atoms with Crippen LogP contribution in [-0.4, -0.2) is 22.2 Å². The third kappa shape index (κ3) is 7.14. The maximum absolute atomic E-state index is 11.7. The maximum atomic E-state index is 11.7. The largest absolute Gasteiger partial charge is 0.481 e. The Morgan fingerprint density at radius 3 is 0.775 bits per heavy atom. The van der Waals surface area contributed by atoms with Gasteiger partial charge in [0.2, 0.25) is 0 Å². The molecule has 0 saturated carbocycles. The van der Waals surface area contributed by atoms with Gasteiger partial charge in [-0.05, 0) is 22.3 Å². The van der Waals surface area contributed by atoms with Crippen molar-refractivity contribution in [2.75, 3.05) is 0 Å². The molecule has 0 amide bonds. The van der Waals surface area contributed by atoms with Crippen molar-refractivity contribution in [2.24, 2.45) is 0 Å². The lowest BCUT2D eigenvalue weighted by molar-refractivity contribution is -0.143. The molecule has 6 rings (SSSR count). The van der Waals surface area contributed by atoms with Crippen LogP contribution in [0.1, 0.15) is 12.8 Å². The highest BCUT2D eigenvalue weighted by molar-refractivity contribution is 5.94. The fourth-order valence-electron chi connectivity index (χ4n) is 4.08. The van der Waals surface area contributed by atoms with E-state index in [1.54, 1.807) is 0 Å². The molecule has 40 heavy (non-hydrogen) atoms. The summed E-state index contributed by atoms with van der Waals surface area (Å²) < 4.78 is 0. The van der Waals surface area contributed by atoms with E-state index in [4.69, 9.17) is 10.2 Å². The van der Waals surface area contributed by atoms with E-state index in [1.165, 1.54) is 0 Å². The topological polar surface area (TPSA) is 109 Å². The van der Waals surface area contributed by atoms with Crippen LogP contribution in [-0.2, 0) is 9.59 Å². The highest BCUT2D eigenvalue weighted by Crippen LogP contribution is 2.34. The normalized spacial score (nSPS) is 10.3. The highest BCUT2D eigenvalue weighted by atomic mass is 16.4. The molecule has 6 heteroatoms. The van der Waals surface area contributed by atoms with Gasteiger partial charge in [-0.15, -0.1) is 0 Å². The molecule has 0 radical (unpaired) electrons. The van der Waals surface area contributed by atoms with Crippen molar-refractivity contribution in [3.05, 3.63) is 142 Å². The van der Waals surface area contributed by atoms with Crippen molar-refractivity contribution < 1.29 is 19.8 Å². The first-order chi connectivity index (χ1) is 19.4. The van der Waals surface area contributed by atoms with Crippen molar-refractivity contribution in [1.82, 2.24) is 0 Å². The monoisotopic (exact) mass is 530 g/mol. The highest BCUT2D eigenvalue weighted by Gasteiger charge is 2.25. The van der Waals surface area contributed by atoms with Crippen LogP contribution in [0.15, 0.2) is 131 Å². The van der Waals surface area contributed by atoms with Gasteiger partial charge in [0.1, 0.15) is 0 Å². The Hall–Kier alpha value is -5.36. The van der Waals surface area contributed by atoms with E-state index in [1.807, 2.05) is 121 Å². The average Bonchev–Trinajstić information content (AvgIpc) is 3.87. The molecule has 0 heterocycles. The summed E-state index contributed by atoms with van der Waals surface area (Å²) in [5, 5.41) is 15.8. The first kappa shape index (κ1) is 27.7. The number of aliphatic carboxylic acids is 2. The van der Waals surface area contributed by atoms with Crippen molar-refractivity contribution in [2.45, 2.75) is 12.8 Å². The van der Waals surface area contributed by atoms with Crippen molar-refractivity contribution >= 4 is 11.9 Å². The summed E-state index contributed by atoms with van der Waals surface area (Å²) in [6.45, 7) is 0. The second-order valence-electron chi connectivity index (χ2n) is 8.91. The van der Waals surface area contributed by atoms with Crippen molar-refractivity contribution in [1.29, 1.82) is 0 Å². The number of carboxylic acids is 2. The number of carboxylic acid groups (broad SMARTS) is 2. The Balaban J connectivity index is 0.000000148. The first-order valence-electron chi connectivity index (χ1n) is 12.6. The summed E-state index contributed by atoms with van der Waals surface area (Å²) in [6.07, 6.45) is -0.593. The first-order valence-corrected chi connectivity index (χ1v) is 12.6. The van der Waals surface area contributed by atoms with E-state index in [9.17, 15) is 19.2 Å². The van der Waals surface area contributed by atoms with Crippen molar-refractivity contribution in [3.8, 4) is 44.5 Å². The molecular formula is C34H26O6. The molecule has 0 saturated heterocycles. The lowest BCUT2D eigenvalue weighted by atomic mass is 10.1. The average molecular weight is 531 g/mol. The molecule has 0 unspecified atom stereocenters. The Morgan fingerprint density at radius 1 is 0.400 bits per heavy atom. The van der Waals surface area contributed by atoms with Crippen LogP contribution in [0, 0.1) is 0 Å². The predicted octanol–water partition coefficient (Wildman–Crippen LogP) is 6.45. The number of hydrogen-bond donors (Lipinski definition) is 2. The van der Waals surface area contributed by atoms with Gasteiger partial charge in [-0.3, -0.25) is 19.2 Å². The quantitative estimate of drug-likeness (QED) is 0.246. The zero-order valence-corrected chi connectivity index (χ0v) is 21.5. The number of benzene rings is 4. The molecule has 6 aromatic rings. The van der Waals surface area contributed by atoms with Gasteiger partial charge in [0.05, 0.1) is 12.8 Å². The molecule has 198 valence electrons. The van der Waals surface area contributed by atoms with Crippen LogP contribution < -0.4 is 10.9 Å². The van der Waals surface area contributed by atoms with Crippen LogP contribution in [0.4, 0.5) is 0 Å². The minimum atomic E-state index is -1.08. The zero-order chi connectivity index (χ0) is 28.5. The van der Waals surface area contributed by atoms with Crippen LogP contribution in [0.5, 0.6) is 0 Å². The van der Waals surface area contributed by atoms with E-state index in [0.29, 0.717) is 0 Å². The second kappa shape index (κ2) is 12.9. The Kier molecular flexibility index (Phi) is 8.95. The Bertz CT molecular complexity index is 1460. The molecule has 6 aromatic carbocycles. The second-order valence-corrected chi connectivity index (χ2v) is 8.91. The summed E-state index contributed by atoms with van der Waals surface area (Å²) in [7, 11) is 0. The standard InChI is InChI=1S/2C15H10O.C4H6O4/c2*16-15-13(11-7-3-1-4-8-11)14(15)12-9-5-2-6-10-12;5-3(6)1-2-4(7)8/h2*1-10H;1-2H2,(H,5,6)(H,7,8). The van der Waals surface area contributed by atoms with Gasteiger partial charge in [0.25, 0.3) is 0 Å². The van der Waals surface area contributed by atoms with E-state index >= 15 is 0 Å². The third-order valence-corrected chi connectivity index (χ3v) is 6.09. The molecule has 0 spiro atoms. The van der Waals surface area contributed by atoms with E-state index in [2.05, 4.69) is 0 Å². The molecule has 2 N–H and O–H groups in total. The molecule has 0 aromatic heterocycles. The van der Waals surface area contributed by atoms with Crippen LogP contribution in [0.2, 0.25) is 0 Å². The molecule has 6 nitrogen and oxygen atoms in total. The van der Waals surface area contributed by atoms with Gasteiger partial charge in [-0.1, -0.05) is 121 Å². The fraction of sp³-hybridized carbons (Fsp3) is 0.0588. The summed E-state index contributed by atoms with van der Waals surface area (Å²) in [5.41, 5.74) is 7.91. The fourth-order valence-corrected chi connectivity index (χ4v) is 4.08. The van der Waals surface area contributed by atoms with Crippen LogP contribution in [0.3, 0.4) is 0 Å². The van der Waals surface area contributed by atoms with Gasteiger partial charge in [-0.2, -0.15) is 0 Å². The SMILES string of the molecule is O=C(O)CCC(=O)O.O=c1c(-c2ccccc2)c1-c1ccccc1.O=c1c(-c2ccccc2)c1-c1ccccc1. The summed E-state index contributed by atoms with van der Waals surface area (Å²) in [4.78, 5) is 42.8.